The number of aryl methyl sites for hydroxylation is 1. The molecule has 0 bridgehead atoms. The second-order valence-corrected chi connectivity index (χ2v) is 6.61. The van der Waals surface area contributed by atoms with E-state index >= 15 is 0 Å². The molecule has 3 rings (SSSR count). The standard InChI is InChI=1S/C16H23N3OS/c1-11-3-5-12(6-4-11)9-10-19-15-13(17-16(19)21)7-8-14(18-15)20-2/h7-8,11-12H,3-6,9-10H2,1-2H3,(H,17,21). The average Bonchev–Trinajstić information content (AvgIpc) is 2.81. The summed E-state index contributed by atoms with van der Waals surface area (Å²) >= 11 is 5.44. The molecule has 0 atom stereocenters. The molecular formula is C16H23N3OS. The van der Waals surface area contributed by atoms with Crippen LogP contribution >= 0.6 is 12.2 Å². The zero-order valence-electron chi connectivity index (χ0n) is 12.8. The summed E-state index contributed by atoms with van der Waals surface area (Å²) in [5.41, 5.74) is 1.89. The van der Waals surface area contributed by atoms with Crippen LogP contribution in [0.5, 0.6) is 5.88 Å². The summed E-state index contributed by atoms with van der Waals surface area (Å²) in [6.07, 6.45) is 6.64. The molecule has 0 unspecified atom stereocenters. The number of nitrogens with zero attached hydrogens (tertiary/aromatic N) is 2. The van der Waals surface area contributed by atoms with E-state index in [1.165, 1.54) is 32.1 Å². The maximum absolute atomic E-state index is 5.44. The molecule has 1 aliphatic carbocycles. The van der Waals surface area contributed by atoms with Crippen molar-refractivity contribution in [2.45, 2.75) is 45.6 Å². The molecule has 4 nitrogen and oxygen atoms in total. The highest BCUT2D eigenvalue weighted by Gasteiger charge is 2.18. The normalized spacial score (nSPS) is 22.6. The molecular weight excluding hydrogens is 282 g/mol. The van der Waals surface area contributed by atoms with Gasteiger partial charge in [-0.3, -0.25) is 0 Å². The van der Waals surface area contributed by atoms with Crippen molar-refractivity contribution in [2.24, 2.45) is 11.8 Å². The first kappa shape index (κ1) is 14.6. The Morgan fingerprint density at radius 3 is 2.81 bits per heavy atom. The third-order valence-corrected chi connectivity index (χ3v) is 5.02. The Balaban J connectivity index is 1.77. The Bertz CT molecular complexity index is 668. The number of rotatable bonds is 4. The van der Waals surface area contributed by atoms with Gasteiger partial charge < -0.3 is 14.3 Å². The number of ether oxygens (including phenoxy) is 1. The van der Waals surface area contributed by atoms with Gasteiger partial charge in [-0.05, 0) is 36.5 Å². The summed E-state index contributed by atoms with van der Waals surface area (Å²) in [7, 11) is 1.64. The zero-order valence-corrected chi connectivity index (χ0v) is 13.6. The van der Waals surface area contributed by atoms with Gasteiger partial charge in [0.15, 0.2) is 10.4 Å². The minimum atomic E-state index is 0.636. The van der Waals surface area contributed by atoms with E-state index in [0.29, 0.717) is 5.88 Å². The number of H-pyrrole nitrogens is 1. The van der Waals surface area contributed by atoms with Crippen molar-refractivity contribution < 1.29 is 4.74 Å². The summed E-state index contributed by atoms with van der Waals surface area (Å²) in [6, 6.07) is 3.84. The van der Waals surface area contributed by atoms with Crippen molar-refractivity contribution in [1.29, 1.82) is 0 Å². The van der Waals surface area contributed by atoms with Gasteiger partial charge in [-0.15, -0.1) is 0 Å². The van der Waals surface area contributed by atoms with E-state index < -0.39 is 0 Å². The van der Waals surface area contributed by atoms with Crippen molar-refractivity contribution in [3.8, 4) is 5.88 Å². The van der Waals surface area contributed by atoms with Crippen LogP contribution < -0.4 is 4.74 Å². The fraction of sp³-hybridized carbons (Fsp3) is 0.625. The Morgan fingerprint density at radius 1 is 1.33 bits per heavy atom. The number of hydrogen-bond donors (Lipinski definition) is 1. The third-order valence-electron chi connectivity index (χ3n) is 4.70. The highest BCUT2D eigenvalue weighted by Crippen LogP contribution is 2.31. The van der Waals surface area contributed by atoms with Gasteiger partial charge in [0.05, 0.1) is 12.6 Å². The minimum Gasteiger partial charge on any atom is -0.481 e. The van der Waals surface area contributed by atoms with E-state index in [2.05, 4.69) is 21.5 Å². The molecule has 1 saturated carbocycles. The van der Waals surface area contributed by atoms with Crippen LogP contribution in [0.15, 0.2) is 12.1 Å². The monoisotopic (exact) mass is 305 g/mol. The summed E-state index contributed by atoms with van der Waals surface area (Å²) < 4.78 is 8.10. The van der Waals surface area contributed by atoms with E-state index in [1.807, 2.05) is 12.1 Å². The maximum Gasteiger partial charge on any atom is 0.215 e. The van der Waals surface area contributed by atoms with Crippen LogP contribution in [0.1, 0.15) is 39.0 Å². The SMILES string of the molecule is COc1ccc2[nH]c(=S)n(CCC3CCC(C)CC3)c2n1. The first-order valence-electron chi connectivity index (χ1n) is 7.81. The van der Waals surface area contributed by atoms with Gasteiger partial charge in [-0.25, -0.2) is 0 Å². The highest BCUT2D eigenvalue weighted by molar-refractivity contribution is 7.71. The average molecular weight is 305 g/mol. The number of hydrogen-bond acceptors (Lipinski definition) is 3. The van der Waals surface area contributed by atoms with Crippen LogP contribution in [-0.4, -0.2) is 21.6 Å². The van der Waals surface area contributed by atoms with Gasteiger partial charge in [-0.2, -0.15) is 4.98 Å². The summed E-state index contributed by atoms with van der Waals surface area (Å²) in [4.78, 5) is 7.77. The molecule has 2 heterocycles. The molecule has 0 aromatic carbocycles. The number of aromatic nitrogens is 3. The van der Waals surface area contributed by atoms with E-state index in [0.717, 1.165) is 34.3 Å². The molecule has 1 fully saturated rings. The van der Waals surface area contributed by atoms with Crippen LogP contribution in [-0.2, 0) is 6.54 Å². The number of pyridine rings is 1. The molecule has 0 amide bonds. The summed E-state index contributed by atoms with van der Waals surface area (Å²) in [5, 5.41) is 0. The van der Waals surface area contributed by atoms with Gasteiger partial charge in [0, 0.05) is 12.6 Å². The molecule has 0 saturated heterocycles. The lowest BCUT2D eigenvalue weighted by atomic mass is 9.81. The maximum atomic E-state index is 5.44. The molecule has 21 heavy (non-hydrogen) atoms. The topological polar surface area (TPSA) is 42.8 Å². The number of nitrogens with one attached hydrogen (secondary N) is 1. The van der Waals surface area contributed by atoms with E-state index in [1.54, 1.807) is 7.11 Å². The van der Waals surface area contributed by atoms with Crippen molar-refractivity contribution in [3.05, 3.63) is 16.9 Å². The van der Waals surface area contributed by atoms with Gasteiger partial charge in [0.2, 0.25) is 5.88 Å². The lowest BCUT2D eigenvalue weighted by Gasteiger charge is -2.26. The summed E-state index contributed by atoms with van der Waals surface area (Å²) in [5.74, 6) is 2.37. The Kier molecular flexibility index (Phi) is 4.29. The van der Waals surface area contributed by atoms with Gasteiger partial charge in [0.25, 0.3) is 0 Å². The second kappa shape index (κ2) is 6.18. The predicted octanol–water partition coefficient (Wildman–Crippen LogP) is 4.32. The minimum absolute atomic E-state index is 0.636. The second-order valence-electron chi connectivity index (χ2n) is 6.22. The fourth-order valence-corrected chi connectivity index (χ4v) is 3.55. The first-order valence-corrected chi connectivity index (χ1v) is 8.21. The number of aromatic amines is 1. The predicted molar refractivity (Wildman–Crippen MR) is 87.2 cm³/mol. The molecule has 5 heteroatoms. The van der Waals surface area contributed by atoms with Gasteiger partial charge >= 0.3 is 0 Å². The smallest absolute Gasteiger partial charge is 0.215 e. The molecule has 1 N–H and O–H groups in total. The van der Waals surface area contributed by atoms with Crippen LogP contribution in [0.2, 0.25) is 0 Å². The van der Waals surface area contributed by atoms with E-state index in [9.17, 15) is 0 Å². The largest absolute Gasteiger partial charge is 0.481 e. The molecule has 2 aromatic heterocycles. The van der Waals surface area contributed by atoms with Gasteiger partial charge in [-0.1, -0.05) is 32.6 Å². The molecule has 0 radical (unpaired) electrons. The van der Waals surface area contributed by atoms with Crippen molar-refractivity contribution in [1.82, 2.24) is 14.5 Å². The number of imidazole rings is 1. The molecule has 114 valence electrons. The zero-order chi connectivity index (χ0) is 14.8. The molecule has 2 aromatic rings. The molecule has 1 aliphatic rings. The summed E-state index contributed by atoms with van der Waals surface area (Å²) in [6.45, 7) is 3.31. The van der Waals surface area contributed by atoms with Gasteiger partial charge in [0.1, 0.15) is 0 Å². The van der Waals surface area contributed by atoms with Crippen LogP contribution in [0, 0.1) is 16.6 Å². The lowest BCUT2D eigenvalue weighted by Crippen LogP contribution is -2.14. The van der Waals surface area contributed by atoms with Crippen LogP contribution in [0.3, 0.4) is 0 Å². The molecule has 0 spiro atoms. The van der Waals surface area contributed by atoms with Crippen LogP contribution in [0.4, 0.5) is 0 Å². The first-order chi connectivity index (χ1) is 10.2. The third kappa shape index (κ3) is 3.12. The Hall–Kier alpha value is -1.36. The highest BCUT2D eigenvalue weighted by atomic mass is 32.1. The Morgan fingerprint density at radius 2 is 2.10 bits per heavy atom. The van der Waals surface area contributed by atoms with Crippen molar-refractivity contribution in [3.63, 3.8) is 0 Å². The Labute approximate surface area is 130 Å². The quantitative estimate of drug-likeness (QED) is 0.855. The lowest BCUT2D eigenvalue weighted by molar-refractivity contribution is 0.269. The number of fused-ring (bicyclic) bond motifs is 1. The van der Waals surface area contributed by atoms with Crippen molar-refractivity contribution in [2.75, 3.05) is 7.11 Å². The number of methoxy groups -OCH3 is 1. The van der Waals surface area contributed by atoms with E-state index in [-0.39, 0.29) is 0 Å². The molecule has 0 aliphatic heterocycles. The fourth-order valence-electron chi connectivity index (χ4n) is 3.26. The van der Waals surface area contributed by atoms with Crippen LogP contribution in [0.25, 0.3) is 11.2 Å². The van der Waals surface area contributed by atoms with Crippen molar-refractivity contribution >= 4 is 23.4 Å². The van der Waals surface area contributed by atoms with E-state index in [4.69, 9.17) is 17.0 Å².